The number of hydrogen-bond acceptors (Lipinski definition) is 3. The summed E-state index contributed by atoms with van der Waals surface area (Å²) in [6, 6.07) is 15.5. The molecular weight excluding hydrogens is 347 g/mol. The fourth-order valence-corrected chi connectivity index (χ4v) is 3.31. The summed E-state index contributed by atoms with van der Waals surface area (Å²) in [7, 11) is 0. The van der Waals surface area contributed by atoms with Crippen LogP contribution in [0.15, 0.2) is 59.3 Å². The van der Waals surface area contributed by atoms with Gasteiger partial charge in [0, 0.05) is 34.5 Å². The molecule has 5 heteroatoms. The van der Waals surface area contributed by atoms with Gasteiger partial charge in [0.2, 0.25) is 0 Å². The normalized spacial score (nSPS) is 10.5. The third-order valence-corrected chi connectivity index (χ3v) is 4.83. The molecule has 0 aliphatic carbocycles. The predicted octanol–water partition coefficient (Wildman–Crippen LogP) is 6.28. The molecule has 2 N–H and O–H groups in total. The van der Waals surface area contributed by atoms with Crippen LogP contribution in [0.2, 0.25) is 10.0 Å². The van der Waals surface area contributed by atoms with E-state index in [2.05, 4.69) is 21.4 Å². The standard InChI is InChI=1S/C18H16Cl2N2S/c19-15-1-5-17(6-2-15)21-9-13-11-23-12-14(13)10-22-18-7-3-16(20)4-8-18/h1-8,11-12,21-22H,9-10H2. The molecule has 118 valence electrons. The van der Waals surface area contributed by atoms with E-state index in [1.54, 1.807) is 11.3 Å². The first-order valence-electron chi connectivity index (χ1n) is 7.23. The van der Waals surface area contributed by atoms with Crippen molar-refractivity contribution in [3.05, 3.63) is 80.5 Å². The quantitative estimate of drug-likeness (QED) is 0.539. The second-order valence-corrected chi connectivity index (χ2v) is 6.76. The van der Waals surface area contributed by atoms with Gasteiger partial charge in [-0.1, -0.05) is 23.2 Å². The van der Waals surface area contributed by atoms with Gasteiger partial charge in [-0.25, -0.2) is 0 Å². The van der Waals surface area contributed by atoms with Crippen LogP contribution in [0, 0.1) is 0 Å². The van der Waals surface area contributed by atoms with Crippen LogP contribution in [0.3, 0.4) is 0 Å². The van der Waals surface area contributed by atoms with Gasteiger partial charge in [0.25, 0.3) is 0 Å². The molecule has 0 aliphatic heterocycles. The number of thiophene rings is 1. The van der Waals surface area contributed by atoms with Crippen molar-refractivity contribution in [3.63, 3.8) is 0 Å². The van der Waals surface area contributed by atoms with E-state index < -0.39 is 0 Å². The maximum atomic E-state index is 5.90. The Morgan fingerprint density at radius 2 is 1.04 bits per heavy atom. The second kappa shape index (κ2) is 7.73. The maximum absolute atomic E-state index is 5.90. The smallest absolute Gasteiger partial charge is 0.0412 e. The van der Waals surface area contributed by atoms with Crippen LogP contribution in [0.4, 0.5) is 11.4 Å². The highest BCUT2D eigenvalue weighted by molar-refractivity contribution is 7.08. The fourth-order valence-electron chi connectivity index (χ4n) is 2.19. The SMILES string of the molecule is Clc1ccc(NCc2cscc2CNc2ccc(Cl)cc2)cc1. The molecule has 1 aromatic heterocycles. The highest BCUT2D eigenvalue weighted by Crippen LogP contribution is 2.20. The molecule has 0 unspecified atom stereocenters. The molecule has 0 spiro atoms. The lowest BCUT2D eigenvalue weighted by atomic mass is 10.2. The third-order valence-electron chi connectivity index (χ3n) is 3.49. The minimum Gasteiger partial charge on any atom is -0.381 e. The van der Waals surface area contributed by atoms with Crippen LogP contribution < -0.4 is 10.6 Å². The predicted molar refractivity (Wildman–Crippen MR) is 102 cm³/mol. The van der Waals surface area contributed by atoms with Crippen molar-refractivity contribution in [3.8, 4) is 0 Å². The number of hydrogen-bond donors (Lipinski definition) is 2. The Morgan fingerprint density at radius 1 is 0.652 bits per heavy atom. The zero-order valence-corrected chi connectivity index (χ0v) is 14.7. The van der Waals surface area contributed by atoms with Crippen LogP contribution in [-0.4, -0.2) is 0 Å². The minimum absolute atomic E-state index is 0.749. The van der Waals surface area contributed by atoms with Gasteiger partial charge in [0.05, 0.1) is 0 Å². The van der Waals surface area contributed by atoms with E-state index >= 15 is 0 Å². The number of anilines is 2. The van der Waals surface area contributed by atoms with Crippen LogP contribution in [0.25, 0.3) is 0 Å². The highest BCUT2D eigenvalue weighted by atomic mass is 35.5. The van der Waals surface area contributed by atoms with Crippen LogP contribution in [-0.2, 0) is 13.1 Å². The van der Waals surface area contributed by atoms with E-state index in [4.69, 9.17) is 23.2 Å². The Balaban J connectivity index is 1.58. The molecule has 0 aliphatic rings. The summed E-state index contributed by atoms with van der Waals surface area (Å²) < 4.78 is 0. The molecule has 0 radical (unpaired) electrons. The summed E-state index contributed by atoms with van der Waals surface area (Å²) in [4.78, 5) is 0. The van der Waals surface area contributed by atoms with Gasteiger partial charge in [-0.05, 0) is 70.4 Å². The molecule has 2 aromatic carbocycles. The van der Waals surface area contributed by atoms with E-state index in [1.807, 2.05) is 48.5 Å². The monoisotopic (exact) mass is 362 g/mol. The molecule has 23 heavy (non-hydrogen) atoms. The molecule has 0 fully saturated rings. The topological polar surface area (TPSA) is 24.1 Å². The van der Waals surface area contributed by atoms with E-state index in [0.717, 1.165) is 34.5 Å². The molecule has 0 saturated heterocycles. The second-order valence-electron chi connectivity index (χ2n) is 5.14. The van der Waals surface area contributed by atoms with Crippen molar-refractivity contribution in [1.29, 1.82) is 0 Å². The average molecular weight is 363 g/mol. The van der Waals surface area contributed by atoms with Crippen LogP contribution in [0.1, 0.15) is 11.1 Å². The largest absolute Gasteiger partial charge is 0.381 e. The zero-order chi connectivity index (χ0) is 16.1. The van der Waals surface area contributed by atoms with Crippen LogP contribution >= 0.6 is 34.5 Å². The van der Waals surface area contributed by atoms with Crippen molar-refractivity contribution in [2.45, 2.75) is 13.1 Å². The minimum atomic E-state index is 0.749. The van der Waals surface area contributed by atoms with E-state index in [9.17, 15) is 0 Å². The number of nitrogens with one attached hydrogen (secondary N) is 2. The number of halogens is 2. The van der Waals surface area contributed by atoms with E-state index in [-0.39, 0.29) is 0 Å². The van der Waals surface area contributed by atoms with Crippen molar-refractivity contribution in [1.82, 2.24) is 0 Å². The summed E-state index contributed by atoms with van der Waals surface area (Å²) in [6.45, 7) is 1.59. The van der Waals surface area contributed by atoms with Gasteiger partial charge in [0.1, 0.15) is 0 Å². The zero-order valence-electron chi connectivity index (χ0n) is 12.4. The van der Waals surface area contributed by atoms with Crippen molar-refractivity contribution in [2.75, 3.05) is 10.6 Å². The van der Waals surface area contributed by atoms with Gasteiger partial charge in [-0.3, -0.25) is 0 Å². The first-order chi connectivity index (χ1) is 11.2. The molecule has 2 nitrogen and oxygen atoms in total. The van der Waals surface area contributed by atoms with Gasteiger partial charge >= 0.3 is 0 Å². The summed E-state index contributed by atoms with van der Waals surface area (Å²) in [5.41, 5.74) is 4.73. The molecule has 3 aromatic rings. The summed E-state index contributed by atoms with van der Waals surface area (Å²) in [6.07, 6.45) is 0. The van der Waals surface area contributed by atoms with Crippen molar-refractivity contribution < 1.29 is 0 Å². The van der Waals surface area contributed by atoms with Crippen molar-refractivity contribution in [2.24, 2.45) is 0 Å². The lowest BCUT2D eigenvalue weighted by Gasteiger charge is -2.10. The molecule has 0 bridgehead atoms. The van der Waals surface area contributed by atoms with Gasteiger partial charge in [-0.15, -0.1) is 0 Å². The third kappa shape index (κ3) is 4.64. The molecule has 3 rings (SSSR count). The van der Waals surface area contributed by atoms with E-state index in [1.165, 1.54) is 11.1 Å². The number of rotatable bonds is 6. The summed E-state index contributed by atoms with van der Waals surface area (Å²) >= 11 is 13.5. The summed E-state index contributed by atoms with van der Waals surface area (Å²) in [5.74, 6) is 0. The molecular formula is C18H16Cl2N2S. The fraction of sp³-hybridized carbons (Fsp3) is 0.111. The molecule has 0 atom stereocenters. The first kappa shape index (κ1) is 16.2. The Labute approximate surface area is 150 Å². The lowest BCUT2D eigenvalue weighted by Crippen LogP contribution is -2.04. The number of benzene rings is 2. The van der Waals surface area contributed by atoms with Gasteiger partial charge in [0.15, 0.2) is 0 Å². The van der Waals surface area contributed by atoms with Crippen LogP contribution in [0.5, 0.6) is 0 Å². The maximum Gasteiger partial charge on any atom is 0.0412 e. The first-order valence-corrected chi connectivity index (χ1v) is 8.93. The molecule has 0 amide bonds. The summed E-state index contributed by atoms with van der Waals surface area (Å²) in [5, 5.41) is 12.7. The highest BCUT2D eigenvalue weighted by Gasteiger charge is 2.04. The molecule has 1 heterocycles. The average Bonchev–Trinajstić information content (AvgIpc) is 3.01. The van der Waals surface area contributed by atoms with E-state index in [0.29, 0.717) is 0 Å². The van der Waals surface area contributed by atoms with Crippen molar-refractivity contribution >= 4 is 45.9 Å². The van der Waals surface area contributed by atoms with Gasteiger partial charge < -0.3 is 10.6 Å². The van der Waals surface area contributed by atoms with Gasteiger partial charge in [-0.2, -0.15) is 11.3 Å². The Morgan fingerprint density at radius 3 is 1.43 bits per heavy atom. The lowest BCUT2D eigenvalue weighted by molar-refractivity contribution is 1.07. The Bertz CT molecular complexity index is 687. The Hall–Kier alpha value is -1.68. The Kier molecular flexibility index (Phi) is 5.44. The molecule has 0 saturated carbocycles.